The fourth-order valence-electron chi connectivity index (χ4n) is 2.89. The van der Waals surface area contributed by atoms with Gasteiger partial charge in [0.05, 0.1) is 6.61 Å². The molecule has 0 heterocycles. The molecule has 0 aromatic heterocycles. The summed E-state index contributed by atoms with van der Waals surface area (Å²) in [7, 11) is 0. The molecule has 0 aliphatic carbocycles. The van der Waals surface area contributed by atoms with E-state index in [9.17, 15) is 19.2 Å². The molecule has 0 aliphatic rings. The summed E-state index contributed by atoms with van der Waals surface area (Å²) in [5.74, 6) is -1.24. The number of benzene rings is 2. The van der Waals surface area contributed by atoms with E-state index >= 15 is 0 Å². The minimum Gasteiger partial charge on any atom is -0.494 e. The van der Waals surface area contributed by atoms with Crippen LogP contribution in [0.25, 0.3) is 0 Å². The predicted molar refractivity (Wildman–Crippen MR) is 124 cm³/mol. The lowest BCUT2D eigenvalue weighted by Crippen LogP contribution is -2.45. The number of hydrogen-bond donors (Lipinski definition) is 2. The van der Waals surface area contributed by atoms with Crippen molar-refractivity contribution in [2.75, 3.05) is 18.5 Å². The smallest absolute Gasteiger partial charge is 0.329 e. The third kappa shape index (κ3) is 7.75. The third-order valence-electron chi connectivity index (χ3n) is 4.79. The zero-order valence-corrected chi connectivity index (χ0v) is 19.3. The van der Waals surface area contributed by atoms with Gasteiger partial charge in [0.25, 0.3) is 5.91 Å². The van der Waals surface area contributed by atoms with Gasteiger partial charge in [-0.2, -0.15) is 0 Å². The molecule has 8 heteroatoms. The number of Topliss-reactive ketones (excluding diaryl/α,β-unsaturated/α-hetero) is 1. The number of rotatable bonds is 11. The second-order valence-electron chi connectivity index (χ2n) is 7.66. The van der Waals surface area contributed by atoms with E-state index in [0.29, 0.717) is 35.6 Å². The number of anilines is 1. The van der Waals surface area contributed by atoms with Gasteiger partial charge in [-0.05, 0) is 61.4 Å². The molecule has 2 aromatic carbocycles. The Balaban J connectivity index is 1.94. The topological polar surface area (TPSA) is 111 Å². The van der Waals surface area contributed by atoms with Gasteiger partial charge in [0, 0.05) is 23.2 Å². The molecule has 0 fully saturated rings. The van der Waals surface area contributed by atoms with Crippen LogP contribution in [0.3, 0.4) is 0 Å². The average molecular weight is 455 g/mol. The summed E-state index contributed by atoms with van der Waals surface area (Å²) in [5, 5.41) is 5.37. The van der Waals surface area contributed by atoms with Crippen molar-refractivity contribution in [2.24, 2.45) is 5.92 Å². The molecule has 33 heavy (non-hydrogen) atoms. The van der Waals surface area contributed by atoms with Crippen LogP contribution in [0.4, 0.5) is 5.69 Å². The molecule has 2 aromatic rings. The molecule has 176 valence electrons. The van der Waals surface area contributed by atoms with Crippen LogP contribution in [-0.4, -0.2) is 42.8 Å². The molecule has 0 saturated heterocycles. The van der Waals surface area contributed by atoms with Crippen LogP contribution in [0.15, 0.2) is 48.5 Å². The zero-order valence-electron chi connectivity index (χ0n) is 19.3. The van der Waals surface area contributed by atoms with E-state index in [-0.39, 0.29) is 11.8 Å². The van der Waals surface area contributed by atoms with Gasteiger partial charge >= 0.3 is 5.97 Å². The maximum Gasteiger partial charge on any atom is 0.329 e. The molecule has 0 bridgehead atoms. The normalized spacial score (nSPS) is 11.4. The van der Waals surface area contributed by atoms with Crippen LogP contribution >= 0.6 is 0 Å². The van der Waals surface area contributed by atoms with Crippen molar-refractivity contribution in [1.82, 2.24) is 5.32 Å². The molecule has 0 saturated carbocycles. The zero-order chi connectivity index (χ0) is 24.4. The molecule has 1 unspecified atom stereocenters. The molecular formula is C25H30N2O6. The highest BCUT2D eigenvalue weighted by molar-refractivity contribution is 6.00. The van der Waals surface area contributed by atoms with Crippen LogP contribution in [0.2, 0.25) is 0 Å². The molecule has 0 spiro atoms. The number of esters is 1. The number of ketones is 1. The summed E-state index contributed by atoms with van der Waals surface area (Å²) in [6, 6.07) is 12.0. The molecule has 0 aliphatic heterocycles. The molecule has 8 nitrogen and oxygen atoms in total. The Bertz CT molecular complexity index is 967. The van der Waals surface area contributed by atoms with E-state index < -0.39 is 30.3 Å². The van der Waals surface area contributed by atoms with Gasteiger partial charge < -0.3 is 20.1 Å². The van der Waals surface area contributed by atoms with Crippen molar-refractivity contribution in [3.63, 3.8) is 0 Å². The van der Waals surface area contributed by atoms with E-state index in [1.165, 1.54) is 0 Å². The van der Waals surface area contributed by atoms with E-state index in [2.05, 4.69) is 10.6 Å². The Morgan fingerprint density at radius 3 is 2.03 bits per heavy atom. The van der Waals surface area contributed by atoms with Gasteiger partial charge in [0.2, 0.25) is 5.91 Å². The van der Waals surface area contributed by atoms with E-state index in [1.54, 1.807) is 69.3 Å². The first kappa shape index (κ1) is 25.6. The first-order valence-corrected chi connectivity index (χ1v) is 10.9. The fraction of sp³-hybridized carbons (Fsp3) is 0.360. The first-order valence-electron chi connectivity index (χ1n) is 10.9. The van der Waals surface area contributed by atoms with Crippen molar-refractivity contribution < 1.29 is 28.7 Å². The lowest BCUT2D eigenvalue weighted by molar-refractivity contribution is -0.146. The van der Waals surface area contributed by atoms with Crippen molar-refractivity contribution in [3.05, 3.63) is 59.7 Å². The van der Waals surface area contributed by atoms with Gasteiger partial charge in [-0.1, -0.05) is 20.8 Å². The van der Waals surface area contributed by atoms with Crippen molar-refractivity contribution in [3.8, 4) is 5.75 Å². The number of amides is 2. The predicted octanol–water partition coefficient (Wildman–Crippen LogP) is 3.61. The minimum absolute atomic E-state index is 0.130. The third-order valence-corrected chi connectivity index (χ3v) is 4.79. The Labute approximate surface area is 193 Å². The minimum atomic E-state index is -0.913. The SMILES string of the molecule is CCOc1ccc(C(=O)NC(C(=O)OCC(=O)c2ccc(NC(=O)CC)cc2)C(C)C)cc1. The second kappa shape index (κ2) is 12.4. The Kier molecular flexibility index (Phi) is 9.60. The number of hydrogen-bond acceptors (Lipinski definition) is 6. The van der Waals surface area contributed by atoms with Crippen LogP contribution < -0.4 is 15.4 Å². The van der Waals surface area contributed by atoms with Crippen LogP contribution in [0.1, 0.15) is 54.8 Å². The van der Waals surface area contributed by atoms with Gasteiger partial charge in [0.15, 0.2) is 12.4 Å². The highest BCUT2D eigenvalue weighted by Gasteiger charge is 2.27. The molecule has 2 rings (SSSR count). The van der Waals surface area contributed by atoms with Gasteiger partial charge in [-0.3, -0.25) is 14.4 Å². The van der Waals surface area contributed by atoms with Gasteiger partial charge in [-0.15, -0.1) is 0 Å². The van der Waals surface area contributed by atoms with E-state index in [4.69, 9.17) is 9.47 Å². The summed E-state index contributed by atoms with van der Waals surface area (Å²) in [6.07, 6.45) is 0.350. The lowest BCUT2D eigenvalue weighted by atomic mass is 10.0. The van der Waals surface area contributed by atoms with Crippen molar-refractivity contribution in [2.45, 2.75) is 40.2 Å². The first-order chi connectivity index (χ1) is 15.7. The molecule has 2 amide bonds. The highest BCUT2D eigenvalue weighted by Crippen LogP contribution is 2.14. The van der Waals surface area contributed by atoms with Crippen LogP contribution in [-0.2, 0) is 14.3 Å². The molecular weight excluding hydrogens is 424 g/mol. The molecule has 2 N–H and O–H groups in total. The number of ether oxygens (including phenoxy) is 2. The van der Waals surface area contributed by atoms with E-state index in [1.807, 2.05) is 6.92 Å². The summed E-state index contributed by atoms with van der Waals surface area (Å²) in [4.78, 5) is 49.0. The summed E-state index contributed by atoms with van der Waals surface area (Å²) in [6.45, 7) is 7.22. The maximum absolute atomic E-state index is 12.6. The quantitative estimate of drug-likeness (QED) is 0.396. The standard InChI is InChI=1S/C25H30N2O6/c1-5-22(29)26-19-11-7-17(8-12-19)21(28)15-33-25(31)23(16(3)4)27-24(30)18-9-13-20(14-10-18)32-6-2/h7-14,16,23H,5-6,15H2,1-4H3,(H,26,29)(H,27,30). The number of nitrogens with one attached hydrogen (secondary N) is 2. The average Bonchev–Trinajstić information content (AvgIpc) is 2.81. The Hall–Kier alpha value is -3.68. The largest absolute Gasteiger partial charge is 0.494 e. The Morgan fingerprint density at radius 2 is 1.48 bits per heavy atom. The maximum atomic E-state index is 12.6. The Morgan fingerprint density at radius 1 is 0.879 bits per heavy atom. The molecule has 0 radical (unpaired) electrons. The van der Waals surface area contributed by atoms with Gasteiger partial charge in [0.1, 0.15) is 11.8 Å². The highest BCUT2D eigenvalue weighted by atomic mass is 16.5. The summed E-state index contributed by atoms with van der Waals surface area (Å²) in [5.41, 5.74) is 1.30. The lowest BCUT2D eigenvalue weighted by Gasteiger charge is -2.21. The second-order valence-corrected chi connectivity index (χ2v) is 7.66. The van der Waals surface area contributed by atoms with Crippen LogP contribution in [0.5, 0.6) is 5.75 Å². The molecule has 1 atom stereocenters. The monoisotopic (exact) mass is 454 g/mol. The van der Waals surface area contributed by atoms with Crippen molar-refractivity contribution in [1.29, 1.82) is 0 Å². The number of carbonyl (C=O) groups excluding carboxylic acids is 4. The van der Waals surface area contributed by atoms with Crippen molar-refractivity contribution >= 4 is 29.3 Å². The summed E-state index contributed by atoms with van der Waals surface area (Å²) >= 11 is 0. The fourth-order valence-corrected chi connectivity index (χ4v) is 2.89. The summed E-state index contributed by atoms with van der Waals surface area (Å²) < 4.78 is 10.5. The van der Waals surface area contributed by atoms with E-state index in [0.717, 1.165) is 0 Å². The number of carbonyl (C=O) groups is 4. The van der Waals surface area contributed by atoms with Crippen LogP contribution in [0, 0.1) is 5.92 Å². The van der Waals surface area contributed by atoms with Gasteiger partial charge in [-0.25, -0.2) is 4.79 Å².